The largest absolute Gasteiger partial charge is 0.370 e. The lowest BCUT2D eigenvalue weighted by Crippen LogP contribution is -2.54. The normalized spacial score (nSPS) is 31.2. The fourth-order valence-electron chi connectivity index (χ4n) is 5.29. The third kappa shape index (κ3) is 2.48. The molecule has 4 N–H and O–H groups in total. The molecule has 3 aliphatic heterocycles. The van der Waals surface area contributed by atoms with Crippen LogP contribution in [0.15, 0.2) is 12.1 Å². The molecule has 8 heteroatoms. The number of rotatable bonds is 4. The fraction of sp³-hybridized carbons (Fsp3) is 0.524. The molecule has 3 aliphatic rings. The number of anilines is 1. The minimum absolute atomic E-state index is 0.121. The maximum absolute atomic E-state index is 13.5. The maximum atomic E-state index is 13.5. The number of nitrogens with two attached hydrogens (primary N) is 1. The highest BCUT2D eigenvalue weighted by atomic mass is 16.2. The van der Waals surface area contributed by atoms with Crippen molar-refractivity contribution in [2.75, 3.05) is 5.32 Å². The number of primary amides is 1. The minimum Gasteiger partial charge on any atom is -0.370 e. The lowest BCUT2D eigenvalue weighted by molar-refractivity contribution is -0.145. The lowest BCUT2D eigenvalue weighted by Gasteiger charge is -2.31. The highest BCUT2D eigenvalue weighted by molar-refractivity contribution is 6.15. The van der Waals surface area contributed by atoms with Gasteiger partial charge in [0.15, 0.2) is 0 Å². The predicted octanol–water partition coefficient (Wildman–Crippen LogP) is 0.698. The van der Waals surface area contributed by atoms with Crippen LogP contribution < -0.4 is 16.4 Å². The second-order valence-corrected chi connectivity index (χ2v) is 8.49. The number of hydrogen-bond acceptors (Lipinski definition) is 5. The zero-order valence-electron chi connectivity index (χ0n) is 17.0. The van der Waals surface area contributed by atoms with Crippen molar-refractivity contribution in [2.24, 2.45) is 17.6 Å². The van der Waals surface area contributed by atoms with E-state index in [1.165, 1.54) is 4.90 Å². The number of nitrogens with zero attached hydrogens (tertiary/aromatic N) is 1. The second kappa shape index (κ2) is 6.38. The molecule has 5 unspecified atom stereocenters. The smallest absolute Gasteiger partial charge is 0.250 e. The van der Waals surface area contributed by atoms with Crippen molar-refractivity contribution >= 4 is 29.3 Å². The number of aryl methyl sites for hydroxylation is 2. The molecule has 0 aromatic heterocycles. The number of carbonyl (C=O) groups is 4. The molecule has 8 nitrogen and oxygen atoms in total. The van der Waals surface area contributed by atoms with Crippen LogP contribution in [0, 0.1) is 25.7 Å². The van der Waals surface area contributed by atoms with Crippen LogP contribution in [-0.2, 0) is 24.7 Å². The van der Waals surface area contributed by atoms with Gasteiger partial charge in [-0.25, -0.2) is 0 Å². The molecule has 2 fully saturated rings. The predicted molar refractivity (Wildman–Crippen MR) is 106 cm³/mol. The molecule has 1 aromatic rings. The molecular weight excluding hydrogens is 372 g/mol. The van der Waals surface area contributed by atoms with Crippen LogP contribution in [0.2, 0.25) is 0 Å². The third-order valence-electron chi connectivity index (χ3n) is 6.65. The van der Waals surface area contributed by atoms with Gasteiger partial charge in [-0.05, 0) is 32.8 Å². The first-order chi connectivity index (χ1) is 13.6. The number of amides is 4. The topological polar surface area (TPSA) is 122 Å². The highest BCUT2D eigenvalue weighted by Crippen LogP contribution is 2.54. The van der Waals surface area contributed by atoms with Crippen LogP contribution in [0.25, 0.3) is 0 Å². The number of imide groups is 1. The summed E-state index contributed by atoms with van der Waals surface area (Å²) in [6.45, 7) is 7.53. The summed E-state index contributed by atoms with van der Waals surface area (Å²) in [5, 5.41) is 6.12. The molecule has 154 valence electrons. The Morgan fingerprint density at radius 2 is 1.93 bits per heavy atom. The molecule has 0 aliphatic carbocycles. The van der Waals surface area contributed by atoms with Gasteiger partial charge >= 0.3 is 0 Å². The molecule has 0 radical (unpaired) electrons. The van der Waals surface area contributed by atoms with Crippen molar-refractivity contribution < 1.29 is 19.2 Å². The average molecular weight is 398 g/mol. The molecular formula is C21H26N4O4. The Morgan fingerprint density at radius 3 is 2.55 bits per heavy atom. The van der Waals surface area contributed by atoms with Gasteiger partial charge in [-0.3, -0.25) is 29.4 Å². The Hall–Kier alpha value is -2.74. The van der Waals surface area contributed by atoms with E-state index in [1.807, 2.05) is 39.8 Å². The van der Waals surface area contributed by atoms with E-state index in [9.17, 15) is 19.2 Å². The summed E-state index contributed by atoms with van der Waals surface area (Å²) in [6, 6.07) is 2.87. The SMILES string of the molecule is CCC(C)N1C(=O)C2C(CC(N)=O)NC3(C(=O)Nc4c(C)cc(C)cc43)C2C1=O. The second-order valence-electron chi connectivity index (χ2n) is 8.49. The van der Waals surface area contributed by atoms with Crippen LogP contribution in [-0.4, -0.2) is 40.6 Å². The van der Waals surface area contributed by atoms with Gasteiger partial charge in [-0.1, -0.05) is 24.6 Å². The first-order valence-corrected chi connectivity index (χ1v) is 9.99. The van der Waals surface area contributed by atoms with Crippen molar-refractivity contribution in [3.63, 3.8) is 0 Å². The average Bonchev–Trinajstić information content (AvgIpc) is 3.20. The van der Waals surface area contributed by atoms with Gasteiger partial charge in [0.25, 0.3) is 0 Å². The van der Waals surface area contributed by atoms with E-state index in [4.69, 9.17) is 5.73 Å². The van der Waals surface area contributed by atoms with E-state index in [0.29, 0.717) is 17.7 Å². The molecule has 3 heterocycles. The van der Waals surface area contributed by atoms with Gasteiger partial charge in [-0.15, -0.1) is 0 Å². The van der Waals surface area contributed by atoms with Gasteiger partial charge in [0.2, 0.25) is 23.6 Å². The highest BCUT2D eigenvalue weighted by Gasteiger charge is 2.70. The molecule has 0 bridgehead atoms. The lowest BCUT2D eigenvalue weighted by atomic mass is 9.75. The van der Waals surface area contributed by atoms with Crippen LogP contribution in [0.4, 0.5) is 5.69 Å². The zero-order chi connectivity index (χ0) is 21.2. The quantitative estimate of drug-likeness (QED) is 0.645. The van der Waals surface area contributed by atoms with Crippen molar-refractivity contribution in [3.8, 4) is 0 Å². The van der Waals surface area contributed by atoms with Crippen molar-refractivity contribution in [1.29, 1.82) is 0 Å². The van der Waals surface area contributed by atoms with E-state index in [0.717, 1.165) is 11.1 Å². The molecule has 0 saturated carbocycles. The van der Waals surface area contributed by atoms with Gasteiger partial charge in [0.1, 0.15) is 5.54 Å². The summed E-state index contributed by atoms with van der Waals surface area (Å²) in [5.74, 6) is -3.36. The summed E-state index contributed by atoms with van der Waals surface area (Å²) >= 11 is 0. The number of benzene rings is 1. The standard InChI is InChI=1S/C21H26N4O4/c1-5-11(4)25-18(27)15-13(8-14(22)26)24-21(16(15)19(25)28)12-7-9(2)6-10(3)17(12)23-20(21)29/h6-7,11,13,15-16,24H,5,8H2,1-4H3,(H2,22,26)(H,23,29). The van der Waals surface area contributed by atoms with E-state index < -0.39 is 29.3 Å². The molecule has 29 heavy (non-hydrogen) atoms. The number of fused-ring (bicyclic) bond motifs is 4. The van der Waals surface area contributed by atoms with E-state index in [1.54, 1.807) is 0 Å². The Bertz CT molecular complexity index is 958. The first kappa shape index (κ1) is 19.6. The Morgan fingerprint density at radius 1 is 1.24 bits per heavy atom. The number of nitrogens with one attached hydrogen (secondary N) is 2. The Balaban J connectivity index is 1.92. The van der Waals surface area contributed by atoms with E-state index in [-0.39, 0.29) is 30.2 Å². The van der Waals surface area contributed by atoms with Crippen LogP contribution in [0.5, 0.6) is 0 Å². The first-order valence-electron chi connectivity index (χ1n) is 9.99. The van der Waals surface area contributed by atoms with Crippen molar-refractivity contribution in [2.45, 2.75) is 58.2 Å². The minimum atomic E-state index is -1.38. The van der Waals surface area contributed by atoms with Gasteiger partial charge in [0, 0.05) is 29.8 Å². The van der Waals surface area contributed by atoms with Gasteiger partial charge in [-0.2, -0.15) is 0 Å². The monoisotopic (exact) mass is 398 g/mol. The Labute approximate surface area is 169 Å². The molecule has 5 atom stereocenters. The molecule has 1 aromatic carbocycles. The Kier molecular flexibility index (Phi) is 4.31. The summed E-state index contributed by atoms with van der Waals surface area (Å²) in [6.07, 6.45) is 0.489. The van der Waals surface area contributed by atoms with Crippen LogP contribution in [0.3, 0.4) is 0 Å². The fourth-order valence-corrected chi connectivity index (χ4v) is 5.29. The summed E-state index contributed by atoms with van der Waals surface area (Å²) in [4.78, 5) is 53.1. The molecule has 4 amide bonds. The third-order valence-corrected chi connectivity index (χ3v) is 6.65. The molecule has 4 rings (SSSR count). The molecule has 2 saturated heterocycles. The van der Waals surface area contributed by atoms with Crippen LogP contribution >= 0.6 is 0 Å². The number of carbonyl (C=O) groups excluding carboxylic acids is 4. The number of hydrogen-bond donors (Lipinski definition) is 3. The van der Waals surface area contributed by atoms with Crippen molar-refractivity contribution in [1.82, 2.24) is 10.2 Å². The van der Waals surface area contributed by atoms with Gasteiger partial charge < -0.3 is 11.1 Å². The van der Waals surface area contributed by atoms with Crippen molar-refractivity contribution in [3.05, 3.63) is 28.8 Å². The van der Waals surface area contributed by atoms with E-state index in [2.05, 4.69) is 10.6 Å². The summed E-state index contributed by atoms with van der Waals surface area (Å²) in [7, 11) is 0. The summed E-state index contributed by atoms with van der Waals surface area (Å²) in [5.41, 5.74) is 7.21. The maximum Gasteiger partial charge on any atom is 0.250 e. The summed E-state index contributed by atoms with van der Waals surface area (Å²) < 4.78 is 0. The van der Waals surface area contributed by atoms with E-state index >= 15 is 0 Å². The van der Waals surface area contributed by atoms with Gasteiger partial charge in [0.05, 0.1) is 11.8 Å². The van der Waals surface area contributed by atoms with Crippen LogP contribution in [0.1, 0.15) is 43.4 Å². The zero-order valence-corrected chi connectivity index (χ0v) is 17.0. The molecule has 1 spiro atoms. The number of likely N-dealkylation sites (tertiary alicyclic amines) is 1.